The predicted molar refractivity (Wildman–Crippen MR) is 160 cm³/mol. The lowest BCUT2D eigenvalue weighted by molar-refractivity contribution is -0.148. The molecule has 0 saturated carbocycles. The van der Waals surface area contributed by atoms with E-state index in [1.165, 1.54) is 11.0 Å². The van der Waals surface area contributed by atoms with Crippen LogP contribution in [0.15, 0.2) is 59.1 Å². The normalized spacial score (nSPS) is 24.8. The molecule has 3 aliphatic rings. The molecule has 4 unspecified atom stereocenters. The molecule has 0 aromatic heterocycles. The standard InChI is InChI=1S/C32H36N4O8/c1-35(2)11-10-34-31(43)16-7-5-6-15(12-16)18-8-9-21(37)23-19(18)13-17-14-20-25(36(3)4)27(39)24(30(33)42)29(41)32(20,44)28(40)22(17)26(23)38/h5-9,12,17,20,25,37,39-40,44H,10-11,13-14H2,1-4H3,(H2,33,42)(H,34,43). The van der Waals surface area contributed by atoms with Crippen molar-refractivity contribution in [3.05, 3.63) is 75.8 Å². The molecule has 2 aromatic rings. The van der Waals surface area contributed by atoms with E-state index in [2.05, 4.69) is 5.32 Å². The molecule has 5 rings (SSSR count). The Kier molecular flexibility index (Phi) is 7.87. The number of rotatable bonds is 7. The Labute approximate surface area is 254 Å². The van der Waals surface area contributed by atoms with E-state index in [9.17, 15) is 39.6 Å². The Morgan fingerprint density at radius 1 is 1.07 bits per heavy atom. The summed E-state index contributed by atoms with van der Waals surface area (Å²) in [4.78, 5) is 55.9. The number of nitrogens with one attached hydrogen (secondary N) is 1. The Morgan fingerprint density at radius 3 is 2.41 bits per heavy atom. The topological polar surface area (TPSA) is 194 Å². The van der Waals surface area contributed by atoms with Crippen LogP contribution in [-0.2, 0) is 16.0 Å². The van der Waals surface area contributed by atoms with E-state index >= 15 is 0 Å². The van der Waals surface area contributed by atoms with Crippen LogP contribution in [0.25, 0.3) is 11.1 Å². The van der Waals surface area contributed by atoms with Gasteiger partial charge in [0.1, 0.15) is 22.8 Å². The summed E-state index contributed by atoms with van der Waals surface area (Å²) in [5, 5.41) is 47.9. The van der Waals surface area contributed by atoms with Crippen molar-refractivity contribution in [1.29, 1.82) is 0 Å². The van der Waals surface area contributed by atoms with Gasteiger partial charge in [-0.1, -0.05) is 18.2 Å². The highest BCUT2D eigenvalue weighted by atomic mass is 16.3. The van der Waals surface area contributed by atoms with Crippen LogP contribution in [0, 0.1) is 11.8 Å². The van der Waals surface area contributed by atoms with E-state index < -0.39 is 58.0 Å². The highest BCUT2D eigenvalue weighted by Gasteiger charge is 2.63. The number of aliphatic hydroxyl groups is 3. The number of fused-ring (bicyclic) bond motifs is 3. The lowest BCUT2D eigenvalue weighted by Crippen LogP contribution is -2.63. The van der Waals surface area contributed by atoms with Crippen molar-refractivity contribution in [3.63, 3.8) is 0 Å². The van der Waals surface area contributed by atoms with Gasteiger partial charge in [-0.25, -0.2) is 0 Å². The first-order chi connectivity index (χ1) is 20.7. The van der Waals surface area contributed by atoms with E-state index in [1.54, 1.807) is 44.4 Å². The summed E-state index contributed by atoms with van der Waals surface area (Å²) in [6.45, 7) is 1.12. The molecule has 0 heterocycles. The van der Waals surface area contributed by atoms with E-state index in [1.807, 2.05) is 19.0 Å². The number of aliphatic hydroxyl groups excluding tert-OH is 2. The molecule has 0 saturated heterocycles. The third-order valence-electron chi connectivity index (χ3n) is 8.89. The van der Waals surface area contributed by atoms with Crippen molar-refractivity contribution in [2.75, 3.05) is 41.3 Å². The number of benzene rings is 2. The quantitative estimate of drug-likeness (QED) is 0.249. The number of aromatic hydroxyl groups is 1. The van der Waals surface area contributed by atoms with Gasteiger partial charge in [-0.3, -0.25) is 24.1 Å². The zero-order valence-corrected chi connectivity index (χ0v) is 24.9. The molecule has 0 spiro atoms. The fourth-order valence-electron chi connectivity index (χ4n) is 6.84. The van der Waals surface area contributed by atoms with Crippen LogP contribution in [0.1, 0.15) is 32.7 Å². The van der Waals surface area contributed by atoms with Crippen LogP contribution < -0.4 is 11.1 Å². The lowest BCUT2D eigenvalue weighted by Gasteiger charge is -2.50. The molecule has 0 fully saturated rings. The molecule has 2 amide bonds. The number of hydrogen-bond acceptors (Lipinski definition) is 10. The minimum absolute atomic E-state index is 0.0187. The first-order valence-corrected chi connectivity index (χ1v) is 14.2. The number of Topliss-reactive ketones (excluding diaryl/α,β-unsaturated/α-hetero) is 2. The van der Waals surface area contributed by atoms with Crippen LogP contribution in [0.4, 0.5) is 0 Å². The maximum Gasteiger partial charge on any atom is 0.255 e. The number of phenols is 1. The fraction of sp³-hybridized carbons (Fsp3) is 0.375. The Morgan fingerprint density at radius 2 is 1.77 bits per heavy atom. The summed E-state index contributed by atoms with van der Waals surface area (Å²) in [6.07, 6.45) is 0.118. The first kappa shape index (κ1) is 30.9. The maximum absolute atomic E-state index is 14.0. The zero-order chi connectivity index (χ0) is 32.2. The van der Waals surface area contributed by atoms with Crippen LogP contribution in [0.3, 0.4) is 0 Å². The second kappa shape index (κ2) is 11.2. The van der Waals surface area contributed by atoms with Crippen molar-refractivity contribution in [2.24, 2.45) is 17.6 Å². The van der Waals surface area contributed by atoms with Gasteiger partial charge in [-0.05, 0) is 81.8 Å². The molecule has 232 valence electrons. The number of carbonyl (C=O) groups excluding carboxylic acids is 4. The van der Waals surface area contributed by atoms with Gasteiger partial charge in [0.15, 0.2) is 11.4 Å². The van der Waals surface area contributed by atoms with Crippen LogP contribution in [-0.4, -0.2) is 107 Å². The molecule has 44 heavy (non-hydrogen) atoms. The largest absolute Gasteiger partial charge is 0.510 e. The van der Waals surface area contributed by atoms with Crippen molar-refractivity contribution < 1.29 is 39.6 Å². The molecule has 3 aliphatic carbocycles. The monoisotopic (exact) mass is 604 g/mol. The number of phenolic OH excluding ortho intramolecular Hbond substituents is 1. The molecule has 0 bridgehead atoms. The van der Waals surface area contributed by atoms with Crippen molar-refractivity contribution in [3.8, 4) is 16.9 Å². The second-order valence-electron chi connectivity index (χ2n) is 12.1. The van der Waals surface area contributed by atoms with Gasteiger partial charge in [-0.2, -0.15) is 0 Å². The summed E-state index contributed by atoms with van der Waals surface area (Å²) in [6, 6.07) is 8.79. The average Bonchev–Trinajstić information content (AvgIpc) is 2.94. The predicted octanol–water partition coefficient (Wildman–Crippen LogP) is 1.08. The number of ketones is 2. The van der Waals surface area contributed by atoms with Crippen molar-refractivity contribution in [1.82, 2.24) is 15.1 Å². The summed E-state index contributed by atoms with van der Waals surface area (Å²) in [7, 11) is 6.96. The molecule has 0 aliphatic heterocycles. The summed E-state index contributed by atoms with van der Waals surface area (Å²) >= 11 is 0. The smallest absolute Gasteiger partial charge is 0.255 e. The summed E-state index contributed by atoms with van der Waals surface area (Å²) in [5.74, 6) is -7.32. The van der Waals surface area contributed by atoms with Crippen LogP contribution in [0.5, 0.6) is 5.75 Å². The van der Waals surface area contributed by atoms with Gasteiger partial charge in [0, 0.05) is 30.1 Å². The minimum Gasteiger partial charge on any atom is -0.510 e. The number of nitrogens with zero attached hydrogens (tertiary/aromatic N) is 2. The molecule has 7 N–H and O–H groups in total. The third-order valence-corrected chi connectivity index (χ3v) is 8.89. The van der Waals surface area contributed by atoms with Gasteiger partial charge in [-0.15, -0.1) is 0 Å². The summed E-state index contributed by atoms with van der Waals surface area (Å²) < 4.78 is 0. The maximum atomic E-state index is 14.0. The van der Waals surface area contributed by atoms with Gasteiger partial charge in [0.2, 0.25) is 5.78 Å². The molecule has 0 radical (unpaired) electrons. The van der Waals surface area contributed by atoms with Crippen molar-refractivity contribution >= 4 is 23.4 Å². The van der Waals surface area contributed by atoms with Crippen molar-refractivity contribution in [2.45, 2.75) is 24.5 Å². The highest BCUT2D eigenvalue weighted by molar-refractivity contribution is 6.25. The van der Waals surface area contributed by atoms with Gasteiger partial charge in [0.25, 0.3) is 11.8 Å². The molecule has 12 heteroatoms. The number of nitrogens with two attached hydrogens (primary N) is 1. The molecular formula is C32H36N4O8. The van der Waals surface area contributed by atoms with E-state index in [0.29, 0.717) is 35.3 Å². The number of primary amides is 1. The number of hydrogen-bond donors (Lipinski definition) is 6. The van der Waals surface area contributed by atoms with E-state index in [4.69, 9.17) is 5.73 Å². The third kappa shape index (κ3) is 4.75. The Hall–Kier alpha value is -4.52. The molecular weight excluding hydrogens is 568 g/mol. The zero-order valence-electron chi connectivity index (χ0n) is 24.9. The number of likely N-dealkylation sites (N-methyl/N-ethyl adjacent to an activating group) is 2. The van der Waals surface area contributed by atoms with Crippen LogP contribution in [0.2, 0.25) is 0 Å². The van der Waals surface area contributed by atoms with Gasteiger partial charge < -0.3 is 36.4 Å². The van der Waals surface area contributed by atoms with Gasteiger partial charge >= 0.3 is 0 Å². The number of carbonyl (C=O) groups is 4. The average molecular weight is 605 g/mol. The second-order valence-corrected chi connectivity index (χ2v) is 12.1. The fourth-order valence-corrected chi connectivity index (χ4v) is 6.84. The molecule has 2 aromatic carbocycles. The van der Waals surface area contributed by atoms with Gasteiger partial charge in [0.05, 0.1) is 11.6 Å². The minimum atomic E-state index is -2.70. The lowest BCUT2D eigenvalue weighted by atomic mass is 9.58. The first-order valence-electron chi connectivity index (χ1n) is 14.2. The number of amides is 2. The van der Waals surface area contributed by atoms with E-state index in [-0.39, 0.29) is 35.6 Å². The Balaban J connectivity index is 1.60. The highest BCUT2D eigenvalue weighted by Crippen LogP contribution is 2.53. The SMILES string of the molecule is CN(C)CCNC(=O)c1cccc(-c2ccc(O)c3c2CC2CC4C(N(C)C)C(O)=C(C(N)=O)C(=O)C4(O)C(O)=C2C3=O)c1. The summed E-state index contributed by atoms with van der Waals surface area (Å²) in [5.41, 5.74) is 3.62. The Bertz CT molecular complexity index is 1660. The number of allylic oxidation sites excluding steroid dienone is 1. The molecule has 4 atom stereocenters. The van der Waals surface area contributed by atoms with Crippen LogP contribution >= 0.6 is 0 Å². The molecule has 12 nitrogen and oxygen atoms in total. The van der Waals surface area contributed by atoms with E-state index in [0.717, 1.165) is 0 Å².